The first kappa shape index (κ1) is 12.0. The first-order valence-corrected chi connectivity index (χ1v) is 7.03. The third-order valence-corrected chi connectivity index (χ3v) is 3.99. The van der Waals surface area contributed by atoms with E-state index in [0.717, 1.165) is 17.9 Å². The van der Waals surface area contributed by atoms with Crippen molar-refractivity contribution in [1.29, 1.82) is 0 Å². The Morgan fingerprint density at radius 1 is 1.39 bits per heavy atom. The number of likely N-dealkylation sites (tertiary alicyclic amines) is 1. The first-order valence-electron chi connectivity index (χ1n) is 6.50. The van der Waals surface area contributed by atoms with Gasteiger partial charge in [0.1, 0.15) is 5.82 Å². The summed E-state index contributed by atoms with van der Waals surface area (Å²) in [6.45, 7) is 2.28. The number of piperidine rings is 1. The van der Waals surface area contributed by atoms with Crippen molar-refractivity contribution >= 4 is 22.6 Å². The second-order valence-corrected chi connectivity index (χ2v) is 5.35. The Kier molecular flexibility index (Phi) is 3.27. The molecule has 0 aliphatic carbocycles. The average Bonchev–Trinajstić information content (AvgIpc) is 2.77. The molecule has 0 radical (unpaired) electrons. The van der Waals surface area contributed by atoms with Crippen LogP contribution in [-0.4, -0.2) is 34.6 Å². The van der Waals surface area contributed by atoms with E-state index < -0.39 is 0 Å². The zero-order valence-corrected chi connectivity index (χ0v) is 11.4. The number of aromatic nitrogens is 2. The van der Waals surface area contributed by atoms with Crippen molar-refractivity contribution in [3.63, 3.8) is 0 Å². The van der Waals surface area contributed by atoms with Gasteiger partial charge in [0.2, 0.25) is 0 Å². The lowest BCUT2D eigenvalue weighted by atomic mass is 10.1. The maximum Gasteiger partial charge on any atom is 0.125 e. The molecule has 0 bridgehead atoms. The minimum atomic E-state index is 0.481. The number of hydrogen-bond acceptors (Lipinski definition) is 2. The third kappa shape index (κ3) is 2.02. The molecule has 96 valence electrons. The van der Waals surface area contributed by atoms with Crippen LogP contribution in [0, 0.1) is 0 Å². The summed E-state index contributed by atoms with van der Waals surface area (Å²) in [7, 11) is 2.19. The molecule has 1 atom stereocenters. The Hall–Kier alpha value is -1.06. The van der Waals surface area contributed by atoms with Gasteiger partial charge in [-0.2, -0.15) is 0 Å². The summed E-state index contributed by atoms with van der Waals surface area (Å²) in [5.41, 5.74) is 2.27. The number of benzene rings is 1. The Bertz CT molecular complexity index is 549. The molecule has 1 unspecified atom stereocenters. The van der Waals surface area contributed by atoms with Gasteiger partial charge in [-0.05, 0) is 38.6 Å². The Morgan fingerprint density at radius 3 is 3.00 bits per heavy atom. The van der Waals surface area contributed by atoms with Crippen LogP contribution >= 0.6 is 11.6 Å². The predicted octanol–water partition coefficient (Wildman–Crippen LogP) is 3.04. The normalized spacial score (nSPS) is 21.6. The van der Waals surface area contributed by atoms with Crippen molar-refractivity contribution in [2.75, 3.05) is 20.1 Å². The molecular weight excluding hydrogens is 246 g/mol. The third-order valence-electron chi connectivity index (χ3n) is 3.75. The molecule has 1 aromatic heterocycles. The summed E-state index contributed by atoms with van der Waals surface area (Å²) in [5.74, 6) is 1.48. The molecule has 1 aliphatic heterocycles. The van der Waals surface area contributed by atoms with Gasteiger partial charge < -0.3 is 9.47 Å². The zero-order chi connectivity index (χ0) is 12.5. The lowest BCUT2D eigenvalue weighted by molar-refractivity contribution is 0.213. The summed E-state index contributed by atoms with van der Waals surface area (Å²) in [6, 6.07) is 8.82. The molecule has 3 nitrogen and oxygen atoms in total. The molecule has 2 aromatic rings. The average molecular weight is 264 g/mol. The molecular formula is C14H18ClN3. The second-order valence-electron chi connectivity index (χ2n) is 5.08. The minimum absolute atomic E-state index is 0.481. The SMILES string of the molecule is CN1CCCC(n2c(CCl)nc3ccccc32)C1. The van der Waals surface area contributed by atoms with Crippen molar-refractivity contribution < 1.29 is 0 Å². The van der Waals surface area contributed by atoms with Gasteiger partial charge >= 0.3 is 0 Å². The van der Waals surface area contributed by atoms with E-state index in [0.29, 0.717) is 11.9 Å². The second kappa shape index (κ2) is 4.90. The maximum atomic E-state index is 6.06. The van der Waals surface area contributed by atoms with E-state index in [1.807, 2.05) is 6.07 Å². The molecule has 0 amide bonds. The van der Waals surface area contributed by atoms with Crippen LogP contribution in [0.5, 0.6) is 0 Å². The molecule has 2 heterocycles. The Labute approximate surface area is 112 Å². The van der Waals surface area contributed by atoms with Gasteiger partial charge in [-0.25, -0.2) is 4.98 Å². The number of rotatable bonds is 2. The smallest absolute Gasteiger partial charge is 0.125 e. The first-order chi connectivity index (χ1) is 8.79. The quantitative estimate of drug-likeness (QED) is 0.777. The van der Waals surface area contributed by atoms with Crippen LogP contribution in [-0.2, 0) is 5.88 Å². The number of nitrogens with zero attached hydrogens (tertiary/aromatic N) is 3. The Balaban J connectivity index is 2.08. The van der Waals surface area contributed by atoms with Crippen LogP contribution in [0.3, 0.4) is 0 Å². The highest BCUT2D eigenvalue weighted by Gasteiger charge is 2.22. The van der Waals surface area contributed by atoms with E-state index in [1.165, 1.54) is 24.9 Å². The molecule has 4 heteroatoms. The lowest BCUT2D eigenvalue weighted by Gasteiger charge is -2.31. The number of alkyl halides is 1. The van der Waals surface area contributed by atoms with Gasteiger partial charge in [-0.1, -0.05) is 12.1 Å². The minimum Gasteiger partial charge on any atom is -0.323 e. The zero-order valence-electron chi connectivity index (χ0n) is 10.6. The molecule has 0 spiro atoms. The fourth-order valence-electron chi connectivity index (χ4n) is 2.95. The maximum absolute atomic E-state index is 6.06. The highest BCUT2D eigenvalue weighted by molar-refractivity contribution is 6.16. The van der Waals surface area contributed by atoms with Crippen LogP contribution in [0.1, 0.15) is 24.7 Å². The topological polar surface area (TPSA) is 21.1 Å². The monoisotopic (exact) mass is 263 g/mol. The highest BCUT2D eigenvalue weighted by Crippen LogP contribution is 2.28. The summed E-state index contributed by atoms with van der Waals surface area (Å²) in [4.78, 5) is 7.03. The van der Waals surface area contributed by atoms with Gasteiger partial charge in [-0.15, -0.1) is 11.6 Å². The van der Waals surface area contributed by atoms with Gasteiger partial charge in [-0.3, -0.25) is 0 Å². The van der Waals surface area contributed by atoms with Crippen LogP contribution in [0.4, 0.5) is 0 Å². The summed E-state index contributed by atoms with van der Waals surface area (Å²) in [6.07, 6.45) is 2.46. The lowest BCUT2D eigenvalue weighted by Crippen LogP contribution is -2.34. The van der Waals surface area contributed by atoms with Crippen molar-refractivity contribution in [3.05, 3.63) is 30.1 Å². The van der Waals surface area contributed by atoms with Gasteiger partial charge in [0.25, 0.3) is 0 Å². The summed E-state index contributed by atoms with van der Waals surface area (Å²) in [5, 5.41) is 0. The van der Waals surface area contributed by atoms with Gasteiger partial charge in [0.15, 0.2) is 0 Å². The summed E-state index contributed by atoms with van der Waals surface area (Å²) >= 11 is 6.06. The van der Waals surface area contributed by atoms with Crippen LogP contribution in [0.2, 0.25) is 0 Å². The van der Waals surface area contributed by atoms with E-state index in [4.69, 9.17) is 11.6 Å². The van der Waals surface area contributed by atoms with E-state index in [1.54, 1.807) is 0 Å². The fraction of sp³-hybridized carbons (Fsp3) is 0.500. The molecule has 0 saturated carbocycles. The van der Waals surface area contributed by atoms with Crippen molar-refractivity contribution in [2.24, 2.45) is 0 Å². The van der Waals surface area contributed by atoms with Crippen molar-refractivity contribution in [3.8, 4) is 0 Å². The van der Waals surface area contributed by atoms with E-state index >= 15 is 0 Å². The summed E-state index contributed by atoms with van der Waals surface area (Å²) < 4.78 is 2.35. The number of hydrogen-bond donors (Lipinski definition) is 0. The molecule has 3 rings (SSSR count). The molecule has 1 saturated heterocycles. The molecule has 18 heavy (non-hydrogen) atoms. The Morgan fingerprint density at radius 2 is 2.22 bits per heavy atom. The van der Waals surface area contributed by atoms with Crippen molar-refractivity contribution in [2.45, 2.75) is 24.8 Å². The highest BCUT2D eigenvalue weighted by atomic mass is 35.5. The van der Waals surface area contributed by atoms with Gasteiger partial charge in [0.05, 0.1) is 16.9 Å². The standard InChI is InChI=1S/C14H18ClN3/c1-17-8-4-5-11(10-17)18-13-7-3-2-6-12(13)16-14(18)9-15/h2-3,6-7,11H,4-5,8-10H2,1H3. The number of para-hydroxylation sites is 2. The number of halogens is 1. The van der Waals surface area contributed by atoms with E-state index in [2.05, 4.69) is 39.7 Å². The molecule has 1 aromatic carbocycles. The van der Waals surface area contributed by atoms with Crippen LogP contribution in [0.15, 0.2) is 24.3 Å². The van der Waals surface area contributed by atoms with Crippen LogP contribution < -0.4 is 0 Å². The molecule has 1 aliphatic rings. The van der Waals surface area contributed by atoms with Crippen molar-refractivity contribution in [1.82, 2.24) is 14.5 Å². The molecule has 0 N–H and O–H groups in total. The fourth-order valence-corrected chi connectivity index (χ4v) is 3.13. The predicted molar refractivity (Wildman–Crippen MR) is 75.1 cm³/mol. The number of imidazole rings is 1. The van der Waals surface area contributed by atoms with Crippen LogP contribution in [0.25, 0.3) is 11.0 Å². The largest absolute Gasteiger partial charge is 0.323 e. The van der Waals surface area contributed by atoms with E-state index in [-0.39, 0.29) is 0 Å². The van der Waals surface area contributed by atoms with Gasteiger partial charge in [0, 0.05) is 12.6 Å². The van der Waals surface area contributed by atoms with E-state index in [9.17, 15) is 0 Å². The number of likely N-dealkylation sites (N-methyl/N-ethyl adjacent to an activating group) is 1. The molecule has 1 fully saturated rings. The number of fused-ring (bicyclic) bond motifs is 1.